The number of fused-ring (bicyclic) bond motifs is 2. The fraction of sp³-hybridized carbons (Fsp3) is 0.125. The summed E-state index contributed by atoms with van der Waals surface area (Å²) in [4.78, 5) is 23.4. The molecule has 0 radical (unpaired) electrons. The first-order valence-electron chi connectivity index (χ1n) is 10.5. The van der Waals surface area contributed by atoms with Gasteiger partial charge in [0.05, 0.1) is 23.3 Å². The van der Waals surface area contributed by atoms with Crippen molar-refractivity contribution in [3.63, 3.8) is 0 Å². The minimum absolute atomic E-state index is 0.0421. The topological polar surface area (TPSA) is 101 Å². The summed E-state index contributed by atoms with van der Waals surface area (Å²) in [5.41, 5.74) is 1.67. The molecule has 1 aromatic heterocycles. The molecule has 0 fully saturated rings. The van der Waals surface area contributed by atoms with E-state index in [9.17, 15) is 17.6 Å². The average Bonchev–Trinajstić information content (AvgIpc) is 3.05. The number of halogens is 2. The number of para-hydroxylation sites is 1. The molecular formula is C24H18FIN4O4S. The molecule has 0 atom stereocenters. The molecule has 1 aliphatic rings. The Morgan fingerprint density at radius 3 is 2.77 bits per heavy atom. The summed E-state index contributed by atoms with van der Waals surface area (Å²) < 4.78 is 49.3. The van der Waals surface area contributed by atoms with E-state index < -0.39 is 15.8 Å². The van der Waals surface area contributed by atoms with Crippen LogP contribution in [0, 0.1) is 9.39 Å². The van der Waals surface area contributed by atoms with Gasteiger partial charge in [-0.3, -0.25) is 19.5 Å². The fourth-order valence-electron chi connectivity index (χ4n) is 3.86. The van der Waals surface area contributed by atoms with Crippen molar-refractivity contribution in [2.24, 2.45) is 0 Å². The molecule has 178 valence electrons. The van der Waals surface area contributed by atoms with Gasteiger partial charge in [-0.2, -0.15) is 0 Å². The molecule has 0 saturated carbocycles. The number of rotatable bonds is 4. The molecule has 1 N–H and O–H groups in total. The Morgan fingerprint density at radius 2 is 1.91 bits per heavy atom. The SMILES string of the molecule is O=C(c1ccc(I)cc1NS(=O)(=O)c1cccc2nccnc12)N1CCOc2cc(F)ccc2C1. The van der Waals surface area contributed by atoms with Crippen molar-refractivity contribution in [2.45, 2.75) is 11.4 Å². The number of carbonyl (C=O) groups is 1. The van der Waals surface area contributed by atoms with Gasteiger partial charge in [-0.15, -0.1) is 0 Å². The lowest BCUT2D eigenvalue weighted by molar-refractivity contribution is 0.0734. The minimum atomic E-state index is -4.10. The lowest BCUT2D eigenvalue weighted by Crippen LogP contribution is -2.33. The van der Waals surface area contributed by atoms with Crippen molar-refractivity contribution in [3.05, 3.63) is 87.5 Å². The summed E-state index contributed by atoms with van der Waals surface area (Å²) in [5, 5.41) is 0. The fourth-order valence-corrected chi connectivity index (χ4v) is 5.59. The molecule has 8 nitrogen and oxygen atoms in total. The third-order valence-corrected chi connectivity index (χ3v) is 7.57. The molecule has 0 unspecified atom stereocenters. The molecule has 5 rings (SSSR count). The van der Waals surface area contributed by atoms with E-state index in [4.69, 9.17) is 4.74 Å². The quantitative estimate of drug-likeness (QED) is 0.351. The highest BCUT2D eigenvalue weighted by Gasteiger charge is 2.26. The number of anilines is 1. The van der Waals surface area contributed by atoms with Crippen LogP contribution in [0.1, 0.15) is 15.9 Å². The number of ether oxygens (including phenoxy) is 1. The average molecular weight is 604 g/mol. The summed E-state index contributed by atoms with van der Waals surface area (Å²) in [6.07, 6.45) is 2.91. The maximum atomic E-state index is 13.6. The highest BCUT2D eigenvalue weighted by molar-refractivity contribution is 14.1. The summed E-state index contributed by atoms with van der Waals surface area (Å²) in [5.74, 6) is -0.408. The third kappa shape index (κ3) is 4.78. The molecule has 0 saturated heterocycles. The van der Waals surface area contributed by atoms with Crippen LogP contribution in [0.3, 0.4) is 0 Å². The van der Waals surface area contributed by atoms with Gasteiger partial charge in [0.2, 0.25) is 0 Å². The predicted molar refractivity (Wildman–Crippen MR) is 136 cm³/mol. The van der Waals surface area contributed by atoms with E-state index in [0.29, 0.717) is 16.8 Å². The zero-order valence-corrected chi connectivity index (χ0v) is 21.1. The smallest absolute Gasteiger partial charge is 0.264 e. The number of hydrogen-bond acceptors (Lipinski definition) is 6. The van der Waals surface area contributed by atoms with Gasteiger partial charge in [0.15, 0.2) is 0 Å². The first kappa shape index (κ1) is 23.4. The molecule has 0 spiro atoms. The van der Waals surface area contributed by atoms with Crippen molar-refractivity contribution in [2.75, 3.05) is 17.9 Å². The molecule has 1 amide bonds. The molecule has 3 aromatic carbocycles. The number of carbonyl (C=O) groups excluding carboxylic acids is 1. The summed E-state index contributed by atoms with van der Waals surface area (Å²) in [6.45, 7) is 0.639. The lowest BCUT2D eigenvalue weighted by atomic mass is 10.1. The van der Waals surface area contributed by atoms with Crippen LogP contribution < -0.4 is 9.46 Å². The third-order valence-electron chi connectivity index (χ3n) is 5.50. The second-order valence-electron chi connectivity index (χ2n) is 7.80. The second kappa shape index (κ2) is 9.38. The monoisotopic (exact) mass is 604 g/mol. The Morgan fingerprint density at radius 1 is 1.09 bits per heavy atom. The molecule has 35 heavy (non-hydrogen) atoms. The largest absolute Gasteiger partial charge is 0.491 e. The van der Waals surface area contributed by atoms with Gasteiger partial charge in [-0.05, 0) is 59.0 Å². The van der Waals surface area contributed by atoms with E-state index in [1.54, 1.807) is 41.3 Å². The second-order valence-corrected chi connectivity index (χ2v) is 10.7. The molecule has 1 aliphatic heterocycles. The van der Waals surface area contributed by atoms with Gasteiger partial charge >= 0.3 is 0 Å². The zero-order valence-electron chi connectivity index (χ0n) is 18.1. The standard InChI is InChI=1S/C24H18FIN4O4S/c25-16-5-4-15-14-30(10-11-34-21(15)12-16)24(31)18-7-6-17(26)13-20(18)29-35(32,33)22-3-1-2-19-23(22)28-9-8-27-19/h1-9,12-13,29H,10-11,14H2. The molecule has 4 aromatic rings. The molecule has 2 heterocycles. The van der Waals surface area contributed by atoms with Crippen molar-refractivity contribution in [3.8, 4) is 5.75 Å². The molecule has 0 aliphatic carbocycles. The summed E-state index contributed by atoms with van der Waals surface area (Å²) in [7, 11) is -4.10. The number of benzene rings is 3. The van der Waals surface area contributed by atoms with Gasteiger partial charge in [-0.25, -0.2) is 12.8 Å². The minimum Gasteiger partial charge on any atom is -0.491 e. The number of amides is 1. The highest BCUT2D eigenvalue weighted by atomic mass is 127. The van der Waals surface area contributed by atoms with Gasteiger partial charge in [0.1, 0.15) is 28.6 Å². The van der Waals surface area contributed by atoms with Crippen LogP contribution in [-0.2, 0) is 16.6 Å². The number of sulfonamides is 1. The van der Waals surface area contributed by atoms with Crippen molar-refractivity contribution in [1.29, 1.82) is 0 Å². The zero-order chi connectivity index (χ0) is 24.6. The maximum Gasteiger partial charge on any atom is 0.264 e. The maximum absolute atomic E-state index is 13.6. The van der Waals surface area contributed by atoms with E-state index in [0.717, 1.165) is 3.57 Å². The Hall–Kier alpha value is -3.32. The predicted octanol–water partition coefficient (Wildman–Crippen LogP) is 4.21. The van der Waals surface area contributed by atoms with Crippen LogP contribution in [0.4, 0.5) is 10.1 Å². The Bertz CT molecular complexity index is 1560. The van der Waals surface area contributed by atoms with Gasteiger partial charge in [-0.1, -0.05) is 12.1 Å². The van der Waals surface area contributed by atoms with Crippen molar-refractivity contribution in [1.82, 2.24) is 14.9 Å². The van der Waals surface area contributed by atoms with Crippen LogP contribution in [0.2, 0.25) is 0 Å². The highest BCUT2D eigenvalue weighted by Crippen LogP contribution is 2.29. The Kier molecular flexibility index (Phi) is 6.28. The molecular weight excluding hydrogens is 586 g/mol. The molecule has 11 heteroatoms. The summed E-state index contributed by atoms with van der Waals surface area (Å²) in [6, 6.07) is 13.8. The van der Waals surface area contributed by atoms with E-state index in [2.05, 4.69) is 37.3 Å². The number of aromatic nitrogens is 2. The Balaban J connectivity index is 1.50. The van der Waals surface area contributed by atoms with Gasteiger partial charge in [0, 0.05) is 34.1 Å². The van der Waals surface area contributed by atoms with Crippen LogP contribution in [0.15, 0.2) is 71.9 Å². The molecule has 0 bridgehead atoms. The van der Waals surface area contributed by atoms with E-state index in [-0.39, 0.29) is 47.3 Å². The first-order chi connectivity index (χ1) is 16.8. The van der Waals surface area contributed by atoms with Gasteiger partial charge in [0.25, 0.3) is 15.9 Å². The van der Waals surface area contributed by atoms with Crippen LogP contribution in [0.5, 0.6) is 5.75 Å². The number of nitrogens with one attached hydrogen (secondary N) is 1. The van der Waals surface area contributed by atoms with Crippen LogP contribution in [0.25, 0.3) is 11.0 Å². The van der Waals surface area contributed by atoms with E-state index >= 15 is 0 Å². The van der Waals surface area contributed by atoms with Crippen molar-refractivity contribution >= 4 is 55.2 Å². The van der Waals surface area contributed by atoms with Gasteiger partial charge < -0.3 is 9.64 Å². The number of hydrogen-bond donors (Lipinski definition) is 1. The lowest BCUT2D eigenvalue weighted by Gasteiger charge is -2.22. The van der Waals surface area contributed by atoms with E-state index in [1.807, 2.05) is 0 Å². The Labute approximate surface area is 214 Å². The van der Waals surface area contributed by atoms with Crippen LogP contribution in [-0.4, -0.2) is 42.3 Å². The van der Waals surface area contributed by atoms with E-state index in [1.165, 1.54) is 30.6 Å². The number of nitrogens with zero attached hydrogens (tertiary/aromatic N) is 3. The summed E-state index contributed by atoms with van der Waals surface area (Å²) >= 11 is 2.05. The van der Waals surface area contributed by atoms with Crippen molar-refractivity contribution < 1.29 is 22.3 Å². The van der Waals surface area contributed by atoms with Crippen LogP contribution >= 0.6 is 22.6 Å². The first-order valence-corrected chi connectivity index (χ1v) is 13.1. The normalized spacial score (nSPS) is 13.6.